The zero-order valence-corrected chi connectivity index (χ0v) is 12.8. The van der Waals surface area contributed by atoms with Gasteiger partial charge in [0.1, 0.15) is 11.5 Å². The third-order valence-corrected chi connectivity index (χ3v) is 3.51. The molecule has 0 amide bonds. The molecule has 0 bridgehead atoms. The number of tetrazole rings is 1. The molecular weight excluding hydrogens is 336 g/mol. The van der Waals surface area contributed by atoms with Crippen LogP contribution in [0.25, 0.3) is 11.3 Å². The summed E-state index contributed by atoms with van der Waals surface area (Å²) in [7, 11) is 0. The summed E-state index contributed by atoms with van der Waals surface area (Å²) in [4.78, 5) is 1.30. The SMILES string of the molecule is Cc1cc(Br)ccc1-c1ccc(CNn2nnnc2N)o1. The van der Waals surface area contributed by atoms with Crippen LogP contribution in [0.1, 0.15) is 11.3 Å². The van der Waals surface area contributed by atoms with Crippen LogP contribution in [0.3, 0.4) is 0 Å². The number of nitrogens with zero attached hydrogens (tertiary/aromatic N) is 4. The molecule has 1 aromatic carbocycles. The minimum absolute atomic E-state index is 0.200. The molecule has 8 heteroatoms. The van der Waals surface area contributed by atoms with Crippen LogP contribution in [0, 0.1) is 6.92 Å². The zero-order chi connectivity index (χ0) is 14.8. The molecule has 3 N–H and O–H groups in total. The molecule has 0 saturated carbocycles. The van der Waals surface area contributed by atoms with Crippen LogP contribution in [0.15, 0.2) is 39.2 Å². The maximum Gasteiger partial charge on any atom is 0.260 e. The van der Waals surface area contributed by atoms with Crippen molar-refractivity contribution in [1.82, 2.24) is 20.3 Å². The number of aromatic nitrogens is 4. The molecule has 0 aliphatic heterocycles. The number of furan rings is 1. The fraction of sp³-hybridized carbons (Fsp3) is 0.154. The molecule has 2 heterocycles. The molecule has 3 aromatic rings. The molecule has 0 radical (unpaired) electrons. The lowest BCUT2D eigenvalue weighted by Crippen LogP contribution is -2.18. The van der Waals surface area contributed by atoms with Crippen molar-refractivity contribution in [3.63, 3.8) is 0 Å². The van der Waals surface area contributed by atoms with Gasteiger partial charge in [-0.1, -0.05) is 21.0 Å². The van der Waals surface area contributed by atoms with E-state index in [9.17, 15) is 0 Å². The van der Waals surface area contributed by atoms with Gasteiger partial charge in [-0.25, -0.2) is 0 Å². The quantitative estimate of drug-likeness (QED) is 0.751. The lowest BCUT2D eigenvalue weighted by molar-refractivity contribution is 0.517. The monoisotopic (exact) mass is 348 g/mol. The summed E-state index contributed by atoms with van der Waals surface area (Å²) in [5.74, 6) is 1.79. The Morgan fingerprint density at radius 1 is 1.33 bits per heavy atom. The number of aryl methyl sites for hydroxylation is 1. The van der Waals surface area contributed by atoms with E-state index in [2.05, 4.69) is 42.9 Å². The van der Waals surface area contributed by atoms with Crippen LogP contribution < -0.4 is 11.2 Å². The molecule has 0 atom stereocenters. The van der Waals surface area contributed by atoms with Crippen molar-refractivity contribution in [3.8, 4) is 11.3 Å². The number of anilines is 1. The van der Waals surface area contributed by atoms with Gasteiger partial charge >= 0.3 is 0 Å². The minimum atomic E-state index is 0.200. The molecule has 0 fully saturated rings. The van der Waals surface area contributed by atoms with E-state index in [-0.39, 0.29) is 5.95 Å². The van der Waals surface area contributed by atoms with E-state index in [1.165, 1.54) is 4.79 Å². The molecule has 0 saturated heterocycles. The normalized spacial score (nSPS) is 10.8. The maximum absolute atomic E-state index is 5.83. The van der Waals surface area contributed by atoms with Gasteiger partial charge in [0.25, 0.3) is 5.95 Å². The smallest absolute Gasteiger partial charge is 0.260 e. The van der Waals surface area contributed by atoms with Gasteiger partial charge in [-0.15, -0.1) is 4.79 Å². The predicted molar refractivity (Wildman–Crippen MR) is 81.9 cm³/mol. The van der Waals surface area contributed by atoms with Crippen LogP contribution in [0.2, 0.25) is 0 Å². The molecule has 2 aromatic heterocycles. The second kappa shape index (κ2) is 5.57. The minimum Gasteiger partial charge on any atom is -0.459 e. The van der Waals surface area contributed by atoms with Crippen molar-refractivity contribution < 1.29 is 4.42 Å². The number of hydrogen-bond acceptors (Lipinski definition) is 6. The Balaban J connectivity index is 1.75. The highest BCUT2D eigenvalue weighted by atomic mass is 79.9. The lowest BCUT2D eigenvalue weighted by Gasteiger charge is -2.04. The first-order valence-electron chi connectivity index (χ1n) is 6.26. The topological polar surface area (TPSA) is 94.8 Å². The van der Waals surface area contributed by atoms with Gasteiger partial charge in [0.15, 0.2) is 0 Å². The van der Waals surface area contributed by atoms with Crippen LogP contribution in [0.4, 0.5) is 5.95 Å². The molecule has 7 nitrogen and oxygen atoms in total. The fourth-order valence-electron chi connectivity index (χ4n) is 1.98. The Kier molecular flexibility index (Phi) is 3.61. The number of nitrogen functional groups attached to an aromatic ring is 1. The van der Waals surface area contributed by atoms with Gasteiger partial charge in [0.2, 0.25) is 0 Å². The van der Waals surface area contributed by atoms with Gasteiger partial charge < -0.3 is 10.2 Å². The highest BCUT2D eigenvalue weighted by Crippen LogP contribution is 2.27. The molecule has 0 unspecified atom stereocenters. The van der Waals surface area contributed by atoms with Crippen LogP contribution in [0.5, 0.6) is 0 Å². The van der Waals surface area contributed by atoms with Crippen molar-refractivity contribution >= 4 is 21.9 Å². The van der Waals surface area contributed by atoms with Crippen molar-refractivity contribution in [1.29, 1.82) is 0 Å². The number of rotatable bonds is 4. The summed E-state index contributed by atoms with van der Waals surface area (Å²) in [5, 5.41) is 10.7. The fourth-order valence-corrected chi connectivity index (χ4v) is 2.46. The summed E-state index contributed by atoms with van der Waals surface area (Å²) in [6.45, 7) is 2.48. The van der Waals surface area contributed by atoms with E-state index in [1.807, 2.05) is 31.2 Å². The van der Waals surface area contributed by atoms with Gasteiger partial charge in [-0.2, -0.15) is 0 Å². The van der Waals surface area contributed by atoms with Crippen molar-refractivity contribution in [2.75, 3.05) is 11.2 Å². The highest BCUT2D eigenvalue weighted by molar-refractivity contribution is 9.10. The Labute approximate surface area is 129 Å². The molecule has 0 aliphatic rings. The average molecular weight is 349 g/mol. The average Bonchev–Trinajstić information content (AvgIpc) is 3.05. The molecule has 0 spiro atoms. The molecule has 108 valence electrons. The Bertz CT molecular complexity index is 766. The number of nitrogens with two attached hydrogens (primary N) is 1. The van der Waals surface area contributed by atoms with Gasteiger partial charge in [-0.05, 0) is 53.2 Å². The van der Waals surface area contributed by atoms with Crippen LogP contribution >= 0.6 is 15.9 Å². The van der Waals surface area contributed by atoms with E-state index >= 15 is 0 Å². The summed E-state index contributed by atoms with van der Waals surface area (Å²) in [6, 6.07) is 9.91. The lowest BCUT2D eigenvalue weighted by atomic mass is 10.1. The molecule has 0 aliphatic carbocycles. The second-order valence-electron chi connectivity index (χ2n) is 4.51. The van der Waals surface area contributed by atoms with Crippen molar-refractivity contribution in [2.45, 2.75) is 13.5 Å². The molecule has 21 heavy (non-hydrogen) atoms. The highest BCUT2D eigenvalue weighted by Gasteiger charge is 2.08. The van der Waals surface area contributed by atoms with Crippen molar-refractivity contribution in [2.24, 2.45) is 0 Å². The van der Waals surface area contributed by atoms with Gasteiger partial charge in [0.05, 0.1) is 6.54 Å². The standard InChI is InChI=1S/C13H13BrN6O/c1-8-6-9(14)2-4-11(8)12-5-3-10(21-12)7-16-20-13(15)17-18-19-20/h2-6,16H,7H2,1H3,(H2,15,17,19). The first-order valence-corrected chi connectivity index (χ1v) is 7.06. The number of benzene rings is 1. The second-order valence-corrected chi connectivity index (χ2v) is 5.42. The third-order valence-electron chi connectivity index (χ3n) is 3.01. The van der Waals surface area contributed by atoms with E-state index in [1.54, 1.807) is 0 Å². The van der Waals surface area contributed by atoms with Gasteiger partial charge in [-0.3, -0.25) is 5.43 Å². The first-order chi connectivity index (χ1) is 10.1. The van der Waals surface area contributed by atoms with E-state index in [0.29, 0.717) is 6.54 Å². The van der Waals surface area contributed by atoms with Crippen molar-refractivity contribution in [3.05, 3.63) is 46.1 Å². The van der Waals surface area contributed by atoms with Crippen LogP contribution in [-0.2, 0) is 6.54 Å². The number of hydrogen-bond donors (Lipinski definition) is 2. The first kappa shape index (κ1) is 13.6. The van der Waals surface area contributed by atoms with E-state index in [4.69, 9.17) is 10.2 Å². The molecular formula is C13H13BrN6O. The Morgan fingerprint density at radius 2 is 2.19 bits per heavy atom. The van der Waals surface area contributed by atoms with E-state index in [0.717, 1.165) is 27.1 Å². The number of nitrogens with one attached hydrogen (secondary N) is 1. The summed E-state index contributed by atoms with van der Waals surface area (Å²) in [6.07, 6.45) is 0. The largest absolute Gasteiger partial charge is 0.459 e. The Hall–Kier alpha value is -2.35. The summed E-state index contributed by atoms with van der Waals surface area (Å²) < 4.78 is 6.88. The molecule has 3 rings (SSSR count). The van der Waals surface area contributed by atoms with Crippen LogP contribution in [-0.4, -0.2) is 20.3 Å². The Morgan fingerprint density at radius 3 is 2.90 bits per heavy atom. The van der Waals surface area contributed by atoms with Gasteiger partial charge in [0, 0.05) is 10.0 Å². The van der Waals surface area contributed by atoms with E-state index < -0.39 is 0 Å². The predicted octanol–water partition coefficient (Wildman–Crippen LogP) is 2.33. The summed E-state index contributed by atoms with van der Waals surface area (Å²) in [5.41, 5.74) is 10.7. The maximum atomic E-state index is 5.83. The third kappa shape index (κ3) is 2.89. The summed E-state index contributed by atoms with van der Waals surface area (Å²) >= 11 is 3.45. The zero-order valence-electron chi connectivity index (χ0n) is 11.2. The number of halogens is 1.